The summed E-state index contributed by atoms with van der Waals surface area (Å²) in [6.07, 6.45) is 4.11. The molecule has 0 radical (unpaired) electrons. The minimum absolute atomic E-state index is 0. The van der Waals surface area contributed by atoms with Crippen LogP contribution in [-0.2, 0) is 10.2 Å². The number of piperidine rings is 1. The van der Waals surface area contributed by atoms with Gasteiger partial charge in [-0.1, -0.05) is 6.92 Å². The molecule has 5 nitrogen and oxygen atoms in total. The third-order valence-electron chi connectivity index (χ3n) is 3.83. The van der Waals surface area contributed by atoms with Gasteiger partial charge in [-0.15, -0.1) is 12.4 Å². The van der Waals surface area contributed by atoms with E-state index in [1.165, 1.54) is 0 Å². The topological polar surface area (TPSA) is 75.4 Å². The number of hydrogen-bond donors (Lipinski definition) is 2. The van der Waals surface area contributed by atoms with Crippen molar-refractivity contribution in [1.29, 1.82) is 0 Å². The van der Waals surface area contributed by atoms with Crippen LogP contribution in [0.1, 0.15) is 32.6 Å². The third-order valence-corrected chi connectivity index (χ3v) is 5.47. The maximum Gasteiger partial charge on any atom is 0.279 e. The molecule has 0 bridgehead atoms. The summed E-state index contributed by atoms with van der Waals surface area (Å²) in [4.78, 5) is 0. The van der Waals surface area contributed by atoms with Crippen molar-refractivity contribution in [3.8, 4) is 0 Å². The van der Waals surface area contributed by atoms with Crippen LogP contribution in [0.2, 0.25) is 0 Å². The molecule has 1 heterocycles. The molecule has 2 fully saturated rings. The van der Waals surface area contributed by atoms with Gasteiger partial charge in [0.1, 0.15) is 0 Å². The Balaban J connectivity index is 0.00000162. The second kappa shape index (κ2) is 6.52. The van der Waals surface area contributed by atoms with Gasteiger partial charge < -0.3 is 5.73 Å². The summed E-state index contributed by atoms with van der Waals surface area (Å²) in [5.74, 6) is 1.09. The van der Waals surface area contributed by atoms with Crippen molar-refractivity contribution in [2.24, 2.45) is 17.6 Å². The molecule has 0 aromatic carbocycles. The SMILES string of the molecule is CC1CCN(S(=O)(=O)NC(CN)C2CC2)CC1.Cl. The van der Waals surface area contributed by atoms with E-state index in [1.807, 2.05) is 0 Å². The maximum absolute atomic E-state index is 12.2. The Bertz CT molecular complexity index is 351. The largest absolute Gasteiger partial charge is 0.329 e. The highest BCUT2D eigenvalue weighted by atomic mass is 35.5. The van der Waals surface area contributed by atoms with Crippen molar-refractivity contribution in [2.75, 3.05) is 19.6 Å². The molecule has 1 saturated carbocycles. The lowest BCUT2D eigenvalue weighted by molar-refractivity contribution is 0.282. The number of nitrogens with one attached hydrogen (secondary N) is 1. The molecule has 18 heavy (non-hydrogen) atoms. The molecule has 0 amide bonds. The van der Waals surface area contributed by atoms with Gasteiger partial charge in [0.25, 0.3) is 10.2 Å². The van der Waals surface area contributed by atoms with Crippen molar-refractivity contribution in [3.63, 3.8) is 0 Å². The number of halogens is 1. The van der Waals surface area contributed by atoms with E-state index in [1.54, 1.807) is 4.31 Å². The lowest BCUT2D eigenvalue weighted by Gasteiger charge is -2.31. The molecule has 3 N–H and O–H groups in total. The molecule has 1 aliphatic heterocycles. The van der Waals surface area contributed by atoms with Gasteiger partial charge in [-0.05, 0) is 37.5 Å². The standard InChI is InChI=1S/C11H23N3O2S.ClH/c1-9-4-6-14(7-5-9)17(15,16)13-11(8-12)10-2-3-10;/h9-11,13H,2-8,12H2,1H3;1H. The maximum atomic E-state index is 12.2. The van der Waals surface area contributed by atoms with E-state index < -0.39 is 10.2 Å². The van der Waals surface area contributed by atoms with Gasteiger partial charge in [-0.2, -0.15) is 17.4 Å². The Morgan fingerprint density at radius 1 is 1.28 bits per heavy atom. The van der Waals surface area contributed by atoms with Gasteiger partial charge in [0.05, 0.1) is 0 Å². The summed E-state index contributed by atoms with van der Waals surface area (Å²) >= 11 is 0. The van der Waals surface area contributed by atoms with Crippen LogP contribution in [0.3, 0.4) is 0 Å². The van der Waals surface area contributed by atoms with E-state index in [4.69, 9.17) is 5.73 Å². The second-order valence-corrected chi connectivity index (χ2v) is 7.09. The van der Waals surface area contributed by atoms with Crippen LogP contribution < -0.4 is 10.5 Å². The van der Waals surface area contributed by atoms with E-state index in [0.29, 0.717) is 31.5 Å². The Morgan fingerprint density at radius 2 is 1.83 bits per heavy atom. The zero-order valence-electron chi connectivity index (χ0n) is 10.8. The average Bonchev–Trinajstić information content (AvgIpc) is 3.10. The lowest BCUT2D eigenvalue weighted by atomic mass is 10.0. The van der Waals surface area contributed by atoms with Crippen molar-refractivity contribution >= 4 is 22.6 Å². The summed E-state index contributed by atoms with van der Waals surface area (Å²) < 4.78 is 28.6. The van der Waals surface area contributed by atoms with Crippen molar-refractivity contribution in [1.82, 2.24) is 9.03 Å². The summed E-state index contributed by atoms with van der Waals surface area (Å²) in [5.41, 5.74) is 5.63. The van der Waals surface area contributed by atoms with E-state index in [0.717, 1.165) is 25.7 Å². The molecule has 1 unspecified atom stereocenters. The van der Waals surface area contributed by atoms with Crippen LogP contribution in [0, 0.1) is 11.8 Å². The first-order valence-corrected chi connectivity index (χ1v) is 7.94. The minimum Gasteiger partial charge on any atom is -0.329 e. The van der Waals surface area contributed by atoms with Gasteiger partial charge in [-0.3, -0.25) is 0 Å². The number of rotatable bonds is 5. The first-order chi connectivity index (χ1) is 8.03. The van der Waals surface area contributed by atoms with Gasteiger partial charge in [-0.25, -0.2) is 0 Å². The Morgan fingerprint density at radius 3 is 2.28 bits per heavy atom. The molecule has 2 rings (SSSR count). The average molecular weight is 298 g/mol. The van der Waals surface area contributed by atoms with Gasteiger partial charge in [0.2, 0.25) is 0 Å². The molecule has 1 aliphatic carbocycles. The Kier molecular flexibility index (Phi) is 5.86. The Hall–Kier alpha value is 0.120. The fourth-order valence-electron chi connectivity index (χ4n) is 2.33. The van der Waals surface area contributed by atoms with Gasteiger partial charge >= 0.3 is 0 Å². The lowest BCUT2D eigenvalue weighted by Crippen LogP contribution is -2.50. The smallest absolute Gasteiger partial charge is 0.279 e. The van der Waals surface area contributed by atoms with E-state index in [9.17, 15) is 8.42 Å². The molecule has 1 saturated heterocycles. The van der Waals surface area contributed by atoms with Crippen LogP contribution >= 0.6 is 12.4 Å². The normalized spacial score (nSPS) is 24.6. The molecule has 2 aliphatic rings. The summed E-state index contributed by atoms with van der Waals surface area (Å²) in [6.45, 7) is 3.84. The van der Waals surface area contributed by atoms with Crippen LogP contribution in [0.4, 0.5) is 0 Å². The van der Waals surface area contributed by atoms with E-state index in [2.05, 4.69) is 11.6 Å². The first kappa shape index (κ1) is 16.2. The van der Waals surface area contributed by atoms with E-state index >= 15 is 0 Å². The monoisotopic (exact) mass is 297 g/mol. The fraction of sp³-hybridized carbons (Fsp3) is 1.00. The predicted molar refractivity (Wildman–Crippen MR) is 74.8 cm³/mol. The number of nitrogens with two attached hydrogens (primary N) is 1. The van der Waals surface area contributed by atoms with E-state index in [-0.39, 0.29) is 18.4 Å². The number of hydrogen-bond acceptors (Lipinski definition) is 3. The van der Waals surface area contributed by atoms with Crippen molar-refractivity contribution in [2.45, 2.75) is 38.6 Å². The van der Waals surface area contributed by atoms with Crippen molar-refractivity contribution in [3.05, 3.63) is 0 Å². The Labute approximate surface area is 116 Å². The molecular weight excluding hydrogens is 274 g/mol. The summed E-state index contributed by atoms with van der Waals surface area (Å²) in [5, 5.41) is 0. The highest BCUT2D eigenvalue weighted by Crippen LogP contribution is 2.32. The molecule has 1 atom stereocenters. The highest BCUT2D eigenvalue weighted by Gasteiger charge is 2.35. The molecule has 0 spiro atoms. The zero-order valence-corrected chi connectivity index (χ0v) is 12.5. The minimum atomic E-state index is -3.32. The fourth-order valence-corrected chi connectivity index (χ4v) is 3.84. The summed E-state index contributed by atoms with van der Waals surface area (Å²) in [6, 6.07) is -0.0700. The first-order valence-electron chi connectivity index (χ1n) is 6.50. The van der Waals surface area contributed by atoms with Crippen LogP contribution in [0.25, 0.3) is 0 Å². The molecule has 108 valence electrons. The molecule has 0 aromatic heterocycles. The number of nitrogens with zero attached hydrogens (tertiary/aromatic N) is 1. The molecule has 7 heteroatoms. The highest BCUT2D eigenvalue weighted by molar-refractivity contribution is 7.87. The molecule has 0 aromatic rings. The van der Waals surface area contributed by atoms with Crippen molar-refractivity contribution < 1.29 is 8.42 Å². The quantitative estimate of drug-likeness (QED) is 0.785. The summed E-state index contributed by atoms with van der Waals surface area (Å²) in [7, 11) is -3.32. The molecular formula is C11H24ClN3O2S. The van der Waals surface area contributed by atoms with Crippen LogP contribution in [0.15, 0.2) is 0 Å². The van der Waals surface area contributed by atoms with Gasteiger partial charge in [0.15, 0.2) is 0 Å². The second-order valence-electron chi connectivity index (χ2n) is 5.38. The van der Waals surface area contributed by atoms with Gasteiger partial charge in [0, 0.05) is 25.7 Å². The zero-order chi connectivity index (χ0) is 12.5. The predicted octanol–water partition coefficient (Wildman–Crippen LogP) is 0.712. The van der Waals surface area contributed by atoms with Crippen LogP contribution in [0.5, 0.6) is 0 Å². The van der Waals surface area contributed by atoms with Crippen LogP contribution in [-0.4, -0.2) is 38.4 Å². The third kappa shape index (κ3) is 4.06.